The third-order valence-corrected chi connectivity index (χ3v) is 3.93. The molecule has 2 fully saturated rings. The predicted molar refractivity (Wildman–Crippen MR) is 70.2 cm³/mol. The monoisotopic (exact) mass is 255 g/mol. The molecule has 0 bridgehead atoms. The second-order valence-electron chi connectivity index (χ2n) is 5.29. The first-order chi connectivity index (χ1) is 8.70. The van der Waals surface area contributed by atoms with Gasteiger partial charge in [-0.3, -0.25) is 4.79 Å². The zero-order chi connectivity index (χ0) is 13.0. The maximum atomic E-state index is 11.8. The fraction of sp³-hybridized carbons (Fsp3) is 0.923. The van der Waals surface area contributed by atoms with E-state index in [0.29, 0.717) is 13.0 Å². The van der Waals surface area contributed by atoms with Gasteiger partial charge in [0.05, 0.1) is 12.1 Å². The second-order valence-corrected chi connectivity index (χ2v) is 5.29. The largest absolute Gasteiger partial charge is 0.376 e. The van der Waals surface area contributed by atoms with Crippen LogP contribution in [0, 0.1) is 0 Å². The highest BCUT2D eigenvalue weighted by molar-refractivity contribution is 5.76. The lowest BCUT2D eigenvalue weighted by atomic mass is 9.83. The molecule has 1 saturated heterocycles. The van der Waals surface area contributed by atoms with E-state index in [4.69, 9.17) is 10.5 Å². The van der Waals surface area contributed by atoms with E-state index in [1.807, 2.05) is 6.92 Å². The van der Waals surface area contributed by atoms with Gasteiger partial charge in [0.1, 0.15) is 0 Å². The van der Waals surface area contributed by atoms with Crippen molar-refractivity contribution in [1.82, 2.24) is 10.2 Å². The molecule has 0 aromatic carbocycles. The van der Waals surface area contributed by atoms with Crippen LogP contribution < -0.4 is 11.1 Å². The normalized spacial score (nSPS) is 32.2. The molecular weight excluding hydrogens is 230 g/mol. The van der Waals surface area contributed by atoms with Crippen molar-refractivity contribution in [2.75, 3.05) is 26.2 Å². The Morgan fingerprint density at radius 2 is 2.17 bits per heavy atom. The lowest BCUT2D eigenvalue weighted by molar-refractivity contribution is -0.126. The fourth-order valence-electron chi connectivity index (χ4n) is 2.75. The van der Waals surface area contributed by atoms with Gasteiger partial charge < -0.3 is 20.7 Å². The van der Waals surface area contributed by atoms with E-state index in [1.165, 1.54) is 12.8 Å². The Balaban J connectivity index is 1.66. The Kier molecular flexibility index (Phi) is 4.97. The molecule has 1 heterocycles. The third-order valence-electron chi connectivity index (χ3n) is 3.93. The first kappa shape index (κ1) is 13.8. The molecular formula is C13H25N3O2. The Bertz CT molecular complexity index is 277. The molecule has 104 valence electrons. The lowest BCUT2D eigenvalue weighted by Gasteiger charge is -2.42. The van der Waals surface area contributed by atoms with Crippen LogP contribution in [-0.4, -0.2) is 55.2 Å². The molecule has 0 radical (unpaired) electrons. The Hall–Kier alpha value is -0.650. The molecule has 1 amide bonds. The summed E-state index contributed by atoms with van der Waals surface area (Å²) in [6, 6.07) is 0.0633. The fourth-order valence-corrected chi connectivity index (χ4v) is 2.75. The lowest BCUT2D eigenvalue weighted by Crippen LogP contribution is -2.64. The van der Waals surface area contributed by atoms with Crippen molar-refractivity contribution < 1.29 is 9.53 Å². The summed E-state index contributed by atoms with van der Waals surface area (Å²) < 4.78 is 5.53. The highest BCUT2D eigenvalue weighted by Crippen LogP contribution is 2.22. The molecule has 1 aliphatic carbocycles. The number of carbonyl (C=O) groups excluding carboxylic acids is 1. The Morgan fingerprint density at radius 1 is 1.44 bits per heavy atom. The minimum absolute atomic E-state index is 0.0102. The number of nitrogens with zero attached hydrogens (tertiary/aromatic N) is 1. The minimum atomic E-state index is 0.0102. The van der Waals surface area contributed by atoms with Crippen LogP contribution in [0.5, 0.6) is 0 Å². The maximum absolute atomic E-state index is 11.8. The van der Waals surface area contributed by atoms with Crippen molar-refractivity contribution in [3.63, 3.8) is 0 Å². The summed E-state index contributed by atoms with van der Waals surface area (Å²) in [4.78, 5) is 14.2. The number of rotatable bonds is 6. The number of carbonyl (C=O) groups is 1. The van der Waals surface area contributed by atoms with E-state index in [1.54, 1.807) is 0 Å². The van der Waals surface area contributed by atoms with Gasteiger partial charge in [-0.2, -0.15) is 0 Å². The zero-order valence-electron chi connectivity index (χ0n) is 11.2. The van der Waals surface area contributed by atoms with Crippen molar-refractivity contribution in [2.45, 2.75) is 50.8 Å². The van der Waals surface area contributed by atoms with Crippen molar-refractivity contribution in [3.05, 3.63) is 0 Å². The van der Waals surface area contributed by atoms with Crippen molar-refractivity contribution in [1.29, 1.82) is 0 Å². The number of nitrogens with one attached hydrogen (secondary N) is 1. The standard InChI is InChI=1S/C13H25N3O2/c1-2-18-11-9-10(14)13(11)15-12(17)5-8-16-6-3-4-7-16/h10-11,13H,2-9,14H2,1H3,(H,15,17). The van der Waals surface area contributed by atoms with E-state index >= 15 is 0 Å². The van der Waals surface area contributed by atoms with Crippen LogP contribution in [0.25, 0.3) is 0 Å². The van der Waals surface area contributed by atoms with Gasteiger partial charge >= 0.3 is 0 Å². The summed E-state index contributed by atoms with van der Waals surface area (Å²) in [5.41, 5.74) is 5.90. The number of hydrogen-bond acceptors (Lipinski definition) is 4. The molecule has 1 saturated carbocycles. The van der Waals surface area contributed by atoms with Crippen LogP contribution in [0.4, 0.5) is 0 Å². The quantitative estimate of drug-likeness (QED) is 0.706. The molecule has 1 aliphatic heterocycles. The molecule has 5 heteroatoms. The SMILES string of the molecule is CCOC1CC(N)C1NC(=O)CCN1CCCC1. The van der Waals surface area contributed by atoms with Crippen LogP contribution in [-0.2, 0) is 9.53 Å². The number of nitrogens with two attached hydrogens (primary N) is 1. The van der Waals surface area contributed by atoms with E-state index < -0.39 is 0 Å². The molecule has 0 spiro atoms. The number of ether oxygens (including phenoxy) is 1. The second kappa shape index (κ2) is 6.50. The van der Waals surface area contributed by atoms with Gasteiger partial charge in [-0.05, 0) is 39.3 Å². The third kappa shape index (κ3) is 3.43. The topological polar surface area (TPSA) is 67.6 Å². The van der Waals surface area contributed by atoms with E-state index in [0.717, 1.165) is 26.1 Å². The van der Waals surface area contributed by atoms with Crippen LogP contribution in [0.2, 0.25) is 0 Å². The van der Waals surface area contributed by atoms with E-state index in [2.05, 4.69) is 10.2 Å². The summed E-state index contributed by atoms with van der Waals surface area (Å²) in [7, 11) is 0. The molecule has 3 N–H and O–H groups in total. The van der Waals surface area contributed by atoms with E-state index in [-0.39, 0.29) is 24.1 Å². The van der Waals surface area contributed by atoms with Gasteiger partial charge in [0.25, 0.3) is 0 Å². The average molecular weight is 255 g/mol. The van der Waals surface area contributed by atoms with Crippen LogP contribution >= 0.6 is 0 Å². The number of likely N-dealkylation sites (tertiary alicyclic amines) is 1. The van der Waals surface area contributed by atoms with E-state index in [9.17, 15) is 4.79 Å². The summed E-state index contributed by atoms with van der Waals surface area (Å²) in [6.07, 6.45) is 4.07. The van der Waals surface area contributed by atoms with Gasteiger partial charge in [-0.15, -0.1) is 0 Å². The Labute approximate surface area is 109 Å². The van der Waals surface area contributed by atoms with Gasteiger partial charge in [0.15, 0.2) is 0 Å². The van der Waals surface area contributed by atoms with Gasteiger partial charge in [-0.1, -0.05) is 0 Å². The molecule has 2 rings (SSSR count). The molecule has 5 nitrogen and oxygen atoms in total. The van der Waals surface area contributed by atoms with Gasteiger partial charge in [0, 0.05) is 25.6 Å². The predicted octanol–water partition coefficient (Wildman–Crippen LogP) is 0.0932. The smallest absolute Gasteiger partial charge is 0.221 e. The number of hydrogen-bond donors (Lipinski definition) is 2. The van der Waals surface area contributed by atoms with Crippen LogP contribution in [0.15, 0.2) is 0 Å². The molecule has 0 aromatic heterocycles. The molecule has 3 atom stereocenters. The highest BCUT2D eigenvalue weighted by atomic mass is 16.5. The van der Waals surface area contributed by atoms with Gasteiger partial charge in [-0.25, -0.2) is 0 Å². The molecule has 18 heavy (non-hydrogen) atoms. The van der Waals surface area contributed by atoms with Crippen LogP contribution in [0.1, 0.15) is 32.6 Å². The molecule has 3 unspecified atom stereocenters. The summed E-state index contributed by atoms with van der Waals surface area (Å²) in [6.45, 7) is 5.79. The van der Waals surface area contributed by atoms with Crippen molar-refractivity contribution >= 4 is 5.91 Å². The maximum Gasteiger partial charge on any atom is 0.221 e. The van der Waals surface area contributed by atoms with Gasteiger partial charge in [0.2, 0.25) is 5.91 Å². The minimum Gasteiger partial charge on any atom is -0.376 e. The first-order valence-corrected chi connectivity index (χ1v) is 7.09. The summed E-state index contributed by atoms with van der Waals surface area (Å²) >= 11 is 0. The average Bonchev–Trinajstić information content (AvgIpc) is 2.86. The first-order valence-electron chi connectivity index (χ1n) is 7.09. The number of amides is 1. The van der Waals surface area contributed by atoms with Crippen molar-refractivity contribution in [2.24, 2.45) is 5.73 Å². The highest BCUT2D eigenvalue weighted by Gasteiger charge is 2.40. The van der Waals surface area contributed by atoms with Crippen molar-refractivity contribution in [3.8, 4) is 0 Å². The Morgan fingerprint density at radius 3 is 2.78 bits per heavy atom. The molecule has 0 aromatic rings. The zero-order valence-corrected chi connectivity index (χ0v) is 11.2. The van der Waals surface area contributed by atoms with Crippen LogP contribution in [0.3, 0.4) is 0 Å². The molecule has 2 aliphatic rings. The summed E-state index contributed by atoms with van der Waals surface area (Å²) in [5, 5.41) is 3.01. The summed E-state index contributed by atoms with van der Waals surface area (Å²) in [5.74, 6) is 0.103.